The molecule has 0 aliphatic carbocycles. The van der Waals surface area contributed by atoms with Crippen molar-refractivity contribution in [3.63, 3.8) is 0 Å². The van der Waals surface area contributed by atoms with Crippen molar-refractivity contribution < 1.29 is 29.9 Å². The molecule has 118 valence electrons. The Morgan fingerprint density at radius 1 is 0.789 bits per heavy atom. The molecule has 4 N–H and O–H groups in total. The van der Waals surface area contributed by atoms with E-state index >= 15 is 0 Å². The van der Waals surface area contributed by atoms with Crippen molar-refractivity contribution >= 4 is 0 Å². The Bertz CT molecular complexity index is 175. The Balaban J connectivity index is 0. The van der Waals surface area contributed by atoms with Gasteiger partial charge in [-0.25, -0.2) is 0 Å². The average molecular weight is 282 g/mol. The van der Waals surface area contributed by atoms with E-state index in [9.17, 15) is 0 Å². The summed E-state index contributed by atoms with van der Waals surface area (Å²) in [5.74, 6) is 0. The van der Waals surface area contributed by atoms with Gasteiger partial charge in [-0.05, 0) is 34.1 Å². The van der Waals surface area contributed by atoms with Crippen molar-refractivity contribution in [2.75, 3.05) is 26.4 Å². The molecule has 0 spiro atoms. The first kappa shape index (κ1) is 21.1. The fraction of sp³-hybridized carbons (Fsp3) is 1.00. The van der Waals surface area contributed by atoms with Crippen LogP contribution in [0.3, 0.4) is 0 Å². The SMILES string of the molecule is CC(O)CCO.CC(O)COC(C)COC(C)CO. The molecule has 0 radical (unpaired) electrons. The first-order valence-electron chi connectivity index (χ1n) is 6.64. The monoisotopic (exact) mass is 282 g/mol. The smallest absolute Gasteiger partial charge is 0.0781 e. The van der Waals surface area contributed by atoms with Crippen LogP contribution in [0.4, 0.5) is 0 Å². The van der Waals surface area contributed by atoms with E-state index in [1.54, 1.807) is 20.8 Å². The summed E-state index contributed by atoms with van der Waals surface area (Å²) in [6, 6.07) is 0. The third kappa shape index (κ3) is 20.2. The van der Waals surface area contributed by atoms with Crippen LogP contribution in [0, 0.1) is 0 Å². The molecule has 0 saturated heterocycles. The number of hydrogen-bond donors (Lipinski definition) is 4. The summed E-state index contributed by atoms with van der Waals surface area (Å²) in [6.07, 6.45) is -0.520. The molecule has 6 heteroatoms. The minimum atomic E-state index is -0.447. The zero-order valence-electron chi connectivity index (χ0n) is 12.5. The van der Waals surface area contributed by atoms with Crippen LogP contribution >= 0.6 is 0 Å². The Kier molecular flexibility index (Phi) is 15.7. The predicted molar refractivity (Wildman–Crippen MR) is 73.0 cm³/mol. The molecule has 0 aromatic carbocycles. The quantitative estimate of drug-likeness (QED) is 0.472. The zero-order chi connectivity index (χ0) is 15.3. The highest BCUT2D eigenvalue weighted by molar-refractivity contribution is 4.52. The molecular formula is C13H30O6. The molecule has 0 fully saturated rings. The summed E-state index contributed by atoms with van der Waals surface area (Å²) in [5.41, 5.74) is 0. The number of aliphatic hydroxyl groups is 4. The topological polar surface area (TPSA) is 99.4 Å². The summed E-state index contributed by atoms with van der Waals surface area (Å²) in [5, 5.41) is 34.0. The first-order valence-corrected chi connectivity index (χ1v) is 6.64. The molecule has 0 aliphatic heterocycles. The molecule has 0 amide bonds. The van der Waals surface area contributed by atoms with Crippen LogP contribution in [0.1, 0.15) is 34.1 Å². The van der Waals surface area contributed by atoms with E-state index < -0.39 is 6.10 Å². The minimum absolute atomic E-state index is 0.0170. The van der Waals surface area contributed by atoms with E-state index in [2.05, 4.69) is 0 Å². The first-order chi connectivity index (χ1) is 8.83. The van der Waals surface area contributed by atoms with Crippen molar-refractivity contribution in [2.45, 2.75) is 58.5 Å². The van der Waals surface area contributed by atoms with Crippen molar-refractivity contribution in [3.8, 4) is 0 Å². The van der Waals surface area contributed by atoms with Crippen molar-refractivity contribution in [2.24, 2.45) is 0 Å². The summed E-state index contributed by atoms with van der Waals surface area (Å²) in [7, 11) is 0. The van der Waals surface area contributed by atoms with Gasteiger partial charge in [0.1, 0.15) is 0 Å². The fourth-order valence-corrected chi connectivity index (χ4v) is 0.891. The van der Waals surface area contributed by atoms with Crippen LogP contribution in [0.25, 0.3) is 0 Å². The van der Waals surface area contributed by atoms with E-state index in [1.165, 1.54) is 0 Å². The molecular weight excluding hydrogens is 252 g/mol. The van der Waals surface area contributed by atoms with E-state index in [1.807, 2.05) is 6.92 Å². The Hall–Kier alpha value is -0.240. The maximum Gasteiger partial charge on any atom is 0.0781 e. The molecule has 0 saturated carbocycles. The molecule has 0 heterocycles. The van der Waals surface area contributed by atoms with Crippen LogP contribution in [0.2, 0.25) is 0 Å². The Morgan fingerprint density at radius 3 is 1.63 bits per heavy atom. The van der Waals surface area contributed by atoms with E-state index in [4.69, 9.17) is 29.9 Å². The maximum absolute atomic E-state index is 8.92. The van der Waals surface area contributed by atoms with Crippen molar-refractivity contribution in [3.05, 3.63) is 0 Å². The maximum atomic E-state index is 8.92. The van der Waals surface area contributed by atoms with Gasteiger partial charge in [0.25, 0.3) is 0 Å². The van der Waals surface area contributed by atoms with Gasteiger partial charge in [-0.1, -0.05) is 0 Å². The molecule has 6 nitrogen and oxygen atoms in total. The summed E-state index contributed by atoms with van der Waals surface area (Å²) in [6.45, 7) is 7.83. The van der Waals surface area contributed by atoms with Gasteiger partial charge in [0.2, 0.25) is 0 Å². The molecule has 0 aromatic heterocycles. The van der Waals surface area contributed by atoms with Gasteiger partial charge >= 0.3 is 0 Å². The number of ether oxygens (including phenoxy) is 2. The molecule has 0 aromatic rings. The van der Waals surface area contributed by atoms with Gasteiger partial charge in [-0.2, -0.15) is 0 Å². The number of hydrogen-bond acceptors (Lipinski definition) is 6. The lowest BCUT2D eigenvalue weighted by molar-refractivity contribution is -0.0620. The highest BCUT2D eigenvalue weighted by Crippen LogP contribution is 1.97. The van der Waals surface area contributed by atoms with E-state index in [-0.39, 0.29) is 31.5 Å². The Morgan fingerprint density at radius 2 is 1.32 bits per heavy atom. The molecule has 0 aliphatic rings. The average Bonchev–Trinajstić information content (AvgIpc) is 2.33. The lowest BCUT2D eigenvalue weighted by Gasteiger charge is -2.16. The van der Waals surface area contributed by atoms with Gasteiger partial charge in [0, 0.05) is 6.61 Å². The zero-order valence-corrected chi connectivity index (χ0v) is 12.5. The summed E-state index contributed by atoms with van der Waals surface area (Å²) >= 11 is 0. The highest BCUT2D eigenvalue weighted by Gasteiger charge is 2.06. The second kappa shape index (κ2) is 14.2. The second-order valence-corrected chi connectivity index (χ2v) is 4.68. The van der Waals surface area contributed by atoms with Gasteiger partial charge < -0.3 is 29.9 Å². The molecule has 4 unspecified atom stereocenters. The summed E-state index contributed by atoms with van der Waals surface area (Å²) in [4.78, 5) is 0. The summed E-state index contributed by atoms with van der Waals surface area (Å²) < 4.78 is 10.5. The van der Waals surface area contributed by atoms with Crippen LogP contribution in [-0.4, -0.2) is 71.3 Å². The van der Waals surface area contributed by atoms with Gasteiger partial charge in [-0.3, -0.25) is 0 Å². The van der Waals surface area contributed by atoms with Gasteiger partial charge in [-0.15, -0.1) is 0 Å². The lowest BCUT2D eigenvalue weighted by atomic mass is 10.3. The number of rotatable bonds is 9. The van der Waals surface area contributed by atoms with Crippen molar-refractivity contribution in [1.29, 1.82) is 0 Å². The molecule has 4 atom stereocenters. The normalized spacial score (nSPS) is 17.1. The van der Waals surface area contributed by atoms with Crippen LogP contribution in [0.15, 0.2) is 0 Å². The lowest BCUT2D eigenvalue weighted by Crippen LogP contribution is -2.24. The third-order valence-electron chi connectivity index (χ3n) is 2.04. The van der Waals surface area contributed by atoms with Gasteiger partial charge in [0.05, 0.1) is 44.2 Å². The fourth-order valence-electron chi connectivity index (χ4n) is 0.891. The second-order valence-electron chi connectivity index (χ2n) is 4.68. The van der Waals surface area contributed by atoms with E-state index in [0.717, 1.165) is 0 Å². The highest BCUT2D eigenvalue weighted by atomic mass is 16.5. The van der Waals surface area contributed by atoms with E-state index in [0.29, 0.717) is 19.6 Å². The minimum Gasteiger partial charge on any atom is -0.396 e. The third-order valence-corrected chi connectivity index (χ3v) is 2.04. The predicted octanol–water partition coefficient (Wildman–Crippen LogP) is -0.0807. The Labute approximate surface area is 116 Å². The largest absolute Gasteiger partial charge is 0.396 e. The van der Waals surface area contributed by atoms with Crippen LogP contribution in [-0.2, 0) is 9.47 Å². The van der Waals surface area contributed by atoms with Crippen molar-refractivity contribution in [1.82, 2.24) is 0 Å². The standard InChI is InChI=1S/C9H20O4.C4H10O2/c1-7(11)5-12-9(3)6-13-8(2)4-10;1-4(6)2-3-5/h7-11H,4-6H2,1-3H3;4-6H,2-3H2,1H3. The van der Waals surface area contributed by atoms with Crippen LogP contribution in [0.5, 0.6) is 0 Å². The molecule has 0 bridgehead atoms. The molecule has 19 heavy (non-hydrogen) atoms. The van der Waals surface area contributed by atoms with Crippen LogP contribution < -0.4 is 0 Å². The number of aliphatic hydroxyl groups excluding tert-OH is 4. The van der Waals surface area contributed by atoms with Gasteiger partial charge in [0.15, 0.2) is 0 Å². The molecule has 0 rings (SSSR count).